The average molecular weight is 615 g/mol. The molecule has 2 N–H and O–H groups in total. The zero-order valence-corrected chi connectivity index (χ0v) is 25.9. The number of nitro groups is 1. The minimum absolute atomic E-state index is 0.0380. The van der Waals surface area contributed by atoms with Gasteiger partial charge in [0.15, 0.2) is 5.84 Å². The summed E-state index contributed by atoms with van der Waals surface area (Å²) in [5.41, 5.74) is 2.26. The molecule has 2 aromatic carbocycles. The van der Waals surface area contributed by atoms with Gasteiger partial charge in [-0.3, -0.25) is 24.7 Å². The second kappa shape index (κ2) is 15.2. The van der Waals surface area contributed by atoms with Crippen LogP contribution in [0.5, 0.6) is 0 Å². The molecule has 226 valence electrons. The Morgan fingerprint density at radius 3 is 2.29 bits per heavy atom. The lowest BCUT2D eigenvalue weighted by molar-refractivity contribution is -0.464. The highest BCUT2D eigenvalue weighted by molar-refractivity contribution is 7.79. The molecule has 0 aliphatic heterocycles. The van der Waals surface area contributed by atoms with E-state index < -0.39 is 18.6 Å². The first-order valence-electron chi connectivity index (χ1n) is 14.1. The van der Waals surface area contributed by atoms with Gasteiger partial charge in [0.1, 0.15) is 6.04 Å². The van der Waals surface area contributed by atoms with E-state index >= 15 is 0 Å². The molecule has 1 atom stereocenters. The number of amides is 1. The van der Waals surface area contributed by atoms with Crippen molar-refractivity contribution in [3.05, 3.63) is 80.4 Å². The third-order valence-electron chi connectivity index (χ3n) is 7.79. The number of nitrogens with zero attached hydrogens (tertiary/aromatic N) is 3. The summed E-state index contributed by atoms with van der Waals surface area (Å²) in [4.78, 5) is 41.6. The molecule has 0 saturated heterocycles. The zero-order chi connectivity index (χ0) is 30.9. The Balaban J connectivity index is 1.92. The summed E-state index contributed by atoms with van der Waals surface area (Å²) in [5.74, 6) is -0.423. The van der Waals surface area contributed by atoms with Crippen LogP contribution in [-0.4, -0.2) is 57.1 Å². The Labute approximate surface area is 257 Å². The number of carbonyl (C=O) groups is 2. The summed E-state index contributed by atoms with van der Waals surface area (Å²) < 4.78 is 0. The maximum absolute atomic E-state index is 12.4. The largest absolute Gasteiger partial charge is 0.481 e. The Hall–Kier alpha value is -3.37. The van der Waals surface area contributed by atoms with Crippen LogP contribution in [0.3, 0.4) is 0 Å². The monoisotopic (exact) mass is 614 g/mol. The molecule has 3 rings (SSSR count). The Kier molecular flexibility index (Phi) is 12.0. The van der Waals surface area contributed by atoms with Crippen molar-refractivity contribution in [1.29, 1.82) is 0 Å². The molecule has 0 radical (unpaired) electrons. The first-order valence-corrected chi connectivity index (χ1v) is 15.0. The average Bonchev–Trinajstić information content (AvgIpc) is 2.94. The number of halogens is 1. The van der Waals surface area contributed by atoms with Gasteiger partial charge in [0.25, 0.3) is 12.5 Å². The zero-order valence-electron chi connectivity index (χ0n) is 24.3. The van der Waals surface area contributed by atoms with Gasteiger partial charge in [0.2, 0.25) is 0 Å². The summed E-state index contributed by atoms with van der Waals surface area (Å²) in [6, 6.07) is 13.6. The number of hydrogen-bond acceptors (Lipinski definition) is 6. The lowest BCUT2D eigenvalue weighted by atomic mass is 9.71. The number of nitrogens with one attached hydrogen (secondary N) is 1. The van der Waals surface area contributed by atoms with Crippen molar-refractivity contribution in [3.8, 4) is 0 Å². The fourth-order valence-electron chi connectivity index (χ4n) is 5.35. The van der Waals surface area contributed by atoms with Crippen molar-refractivity contribution >= 4 is 46.9 Å². The lowest BCUT2D eigenvalue weighted by Crippen LogP contribution is -2.45. The van der Waals surface area contributed by atoms with E-state index in [9.17, 15) is 19.7 Å². The van der Waals surface area contributed by atoms with Crippen molar-refractivity contribution in [3.63, 3.8) is 0 Å². The molecular weight excluding hydrogens is 576 g/mol. The summed E-state index contributed by atoms with van der Waals surface area (Å²) >= 11 is 11.4. The maximum Gasteiger partial charge on any atom is 0.305 e. The van der Waals surface area contributed by atoms with Crippen LogP contribution < -0.4 is 5.32 Å². The summed E-state index contributed by atoms with van der Waals surface area (Å²) in [5, 5.41) is 25.4. The van der Waals surface area contributed by atoms with E-state index in [1.165, 1.54) is 5.37 Å². The molecule has 0 bridgehead atoms. The molecule has 1 amide bonds. The van der Waals surface area contributed by atoms with Crippen molar-refractivity contribution in [2.24, 2.45) is 16.3 Å². The molecule has 42 heavy (non-hydrogen) atoms. The number of thiocarbonyl (C=S) groups is 1. The van der Waals surface area contributed by atoms with Crippen molar-refractivity contribution in [2.45, 2.75) is 71.5 Å². The van der Waals surface area contributed by atoms with Crippen LogP contribution in [0.25, 0.3) is 0 Å². The van der Waals surface area contributed by atoms with Crippen LogP contribution in [0.4, 0.5) is 0 Å². The number of aliphatic imine (C=N–C) groups is 1. The van der Waals surface area contributed by atoms with Gasteiger partial charge in [-0.25, -0.2) is 0 Å². The fraction of sp³-hybridized carbons (Fsp3) is 0.484. The predicted octanol–water partition coefficient (Wildman–Crippen LogP) is 6.37. The predicted molar refractivity (Wildman–Crippen MR) is 169 cm³/mol. The highest BCUT2D eigenvalue weighted by Crippen LogP contribution is 2.39. The second-order valence-corrected chi connectivity index (χ2v) is 12.5. The van der Waals surface area contributed by atoms with Crippen LogP contribution >= 0.6 is 23.8 Å². The third kappa shape index (κ3) is 9.87. The van der Waals surface area contributed by atoms with E-state index in [0.717, 1.165) is 36.8 Å². The topological polar surface area (TPSA) is 125 Å². The van der Waals surface area contributed by atoms with E-state index in [4.69, 9.17) is 33.9 Å². The molecule has 1 fully saturated rings. The molecule has 2 aromatic rings. The standard InChI is InChI=1S/C31H39ClN4O5S/c1-31(2,3)24-10-14-26(15-11-24)35(18-21-4-6-23(7-5-21)30(39)33-17-16-29(37)38)28(19-36(40)41)34-27(20-42)22-8-12-25(32)13-9-22/h4-9,12-13,20,24,26-27H,10-11,14-19H2,1-3H3,(H,33,39)(H,37,38). The van der Waals surface area contributed by atoms with E-state index in [-0.39, 0.29) is 35.3 Å². The molecular formula is C31H39ClN4O5S. The Morgan fingerprint density at radius 2 is 1.76 bits per heavy atom. The van der Waals surface area contributed by atoms with Gasteiger partial charge >= 0.3 is 5.97 Å². The van der Waals surface area contributed by atoms with Gasteiger partial charge in [0.05, 0.1) is 6.42 Å². The van der Waals surface area contributed by atoms with E-state index in [1.54, 1.807) is 24.3 Å². The van der Waals surface area contributed by atoms with Gasteiger partial charge < -0.3 is 15.3 Å². The summed E-state index contributed by atoms with van der Waals surface area (Å²) in [7, 11) is 0. The highest BCUT2D eigenvalue weighted by atomic mass is 35.5. The Bertz CT molecular complexity index is 1270. The number of hydrogen-bond donors (Lipinski definition) is 2. The first kappa shape index (κ1) is 33.1. The number of carbonyl (C=O) groups excluding carboxylic acids is 1. The van der Waals surface area contributed by atoms with Crippen LogP contribution in [0.2, 0.25) is 5.02 Å². The molecule has 1 aliphatic carbocycles. The minimum Gasteiger partial charge on any atom is -0.481 e. The molecule has 11 heteroatoms. The maximum atomic E-state index is 12.4. The van der Waals surface area contributed by atoms with E-state index in [2.05, 4.69) is 26.1 Å². The van der Waals surface area contributed by atoms with Crippen LogP contribution in [0.1, 0.15) is 80.4 Å². The molecule has 1 unspecified atom stereocenters. The number of carboxylic acids is 1. The fourth-order valence-corrected chi connectivity index (χ4v) is 5.70. The molecule has 0 aromatic heterocycles. The molecule has 1 saturated carbocycles. The smallest absolute Gasteiger partial charge is 0.305 e. The second-order valence-electron chi connectivity index (χ2n) is 11.8. The van der Waals surface area contributed by atoms with Crippen LogP contribution in [-0.2, 0) is 11.3 Å². The number of aliphatic carboxylic acids is 1. The number of amidine groups is 1. The molecule has 0 spiro atoms. The van der Waals surface area contributed by atoms with Gasteiger partial charge in [-0.15, -0.1) is 0 Å². The number of carboxylic acid groups (broad SMARTS) is 1. The Morgan fingerprint density at radius 1 is 1.14 bits per heavy atom. The van der Waals surface area contributed by atoms with Crippen LogP contribution in [0, 0.1) is 21.4 Å². The third-order valence-corrected chi connectivity index (χ3v) is 8.30. The quantitative estimate of drug-likeness (QED) is 0.0936. The van der Waals surface area contributed by atoms with E-state index in [1.807, 2.05) is 29.2 Å². The lowest BCUT2D eigenvalue weighted by Gasteiger charge is -2.42. The number of rotatable bonds is 12. The molecule has 1 aliphatic rings. The van der Waals surface area contributed by atoms with Gasteiger partial charge in [-0.2, -0.15) is 0 Å². The summed E-state index contributed by atoms with van der Waals surface area (Å²) in [6.07, 6.45) is 3.63. The van der Waals surface area contributed by atoms with Crippen LogP contribution in [0.15, 0.2) is 53.5 Å². The van der Waals surface area contributed by atoms with Gasteiger partial charge in [-0.1, -0.05) is 68.9 Å². The highest BCUT2D eigenvalue weighted by Gasteiger charge is 2.34. The molecule has 9 nitrogen and oxygen atoms in total. The van der Waals surface area contributed by atoms with Crippen molar-refractivity contribution in [1.82, 2.24) is 10.2 Å². The first-order chi connectivity index (χ1) is 19.9. The molecule has 0 heterocycles. The van der Waals surface area contributed by atoms with Crippen molar-refractivity contribution < 1.29 is 19.6 Å². The van der Waals surface area contributed by atoms with Gasteiger partial charge in [0, 0.05) is 40.0 Å². The normalized spacial score (nSPS) is 18.1. The number of benzene rings is 2. The van der Waals surface area contributed by atoms with Gasteiger partial charge in [-0.05, 0) is 72.4 Å². The minimum atomic E-state index is -0.985. The SMILES string of the molecule is CC(C)(C)C1CCC(N(Cc2ccc(C(=O)NCCC(=O)O)cc2)C(C[N+](=O)[O-])=NC(C=S)c2ccc(Cl)cc2)CC1. The van der Waals surface area contributed by atoms with E-state index in [0.29, 0.717) is 28.9 Å². The van der Waals surface area contributed by atoms with Crippen molar-refractivity contribution in [2.75, 3.05) is 13.1 Å². The summed E-state index contributed by atoms with van der Waals surface area (Å²) in [6.45, 7) is 6.73.